The summed E-state index contributed by atoms with van der Waals surface area (Å²) in [6.07, 6.45) is 14.1. The molecular formula is C22H36N2O. The number of anilines is 1. The molecule has 1 aromatic carbocycles. The Labute approximate surface area is 154 Å². The molecule has 0 aliphatic carbocycles. The summed E-state index contributed by atoms with van der Waals surface area (Å²) in [6, 6.07) is 8.43. The Kier molecular flexibility index (Phi) is 9.65. The number of hydrogen-bond donors (Lipinski definition) is 2. The molecule has 1 aliphatic heterocycles. The molecule has 1 aliphatic rings. The largest absolute Gasteiger partial charge is 0.326 e. The lowest BCUT2D eigenvalue weighted by molar-refractivity contribution is -0.120. The summed E-state index contributed by atoms with van der Waals surface area (Å²) < 4.78 is 0. The number of aryl methyl sites for hydroxylation is 1. The second-order valence-electron chi connectivity index (χ2n) is 7.45. The highest BCUT2D eigenvalue weighted by atomic mass is 16.1. The van der Waals surface area contributed by atoms with Gasteiger partial charge in [0.05, 0.1) is 5.92 Å². The van der Waals surface area contributed by atoms with E-state index in [1.165, 1.54) is 56.9 Å². The minimum absolute atomic E-state index is 0.116. The molecule has 1 unspecified atom stereocenters. The molecule has 1 amide bonds. The van der Waals surface area contributed by atoms with Gasteiger partial charge in [0, 0.05) is 12.2 Å². The van der Waals surface area contributed by atoms with E-state index in [0.29, 0.717) is 0 Å². The zero-order valence-corrected chi connectivity index (χ0v) is 16.0. The van der Waals surface area contributed by atoms with E-state index in [1.54, 1.807) is 0 Å². The molecule has 2 N–H and O–H groups in total. The third-order valence-electron chi connectivity index (χ3n) is 5.21. The highest BCUT2D eigenvalue weighted by Gasteiger charge is 2.20. The van der Waals surface area contributed by atoms with Crippen molar-refractivity contribution in [2.75, 3.05) is 18.4 Å². The third kappa shape index (κ3) is 8.04. The lowest BCUT2D eigenvalue weighted by Crippen LogP contribution is -2.37. The van der Waals surface area contributed by atoms with Gasteiger partial charge in [0.1, 0.15) is 0 Å². The highest BCUT2D eigenvalue weighted by molar-refractivity contribution is 5.92. The standard InChI is InChI=1S/C22H36N2O/c1-2-3-4-5-6-7-8-9-11-19-13-15-21(16-14-19)24-22(25)20-12-10-17-23-18-20/h13-16,20,23H,2-12,17-18H2,1H3,(H,24,25). The number of carbonyl (C=O) groups is 1. The Balaban J connectivity index is 1.60. The minimum atomic E-state index is 0.116. The maximum atomic E-state index is 12.2. The van der Waals surface area contributed by atoms with E-state index in [9.17, 15) is 4.79 Å². The normalized spacial score (nSPS) is 17.4. The van der Waals surface area contributed by atoms with E-state index in [-0.39, 0.29) is 11.8 Å². The Hall–Kier alpha value is -1.35. The lowest BCUT2D eigenvalue weighted by atomic mass is 9.98. The van der Waals surface area contributed by atoms with Crippen molar-refractivity contribution >= 4 is 11.6 Å². The van der Waals surface area contributed by atoms with Gasteiger partial charge in [0.2, 0.25) is 5.91 Å². The van der Waals surface area contributed by atoms with Gasteiger partial charge >= 0.3 is 0 Å². The summed E-state index contributed by atoms with van der Waals surface area (Å²) in [7, 11) is 0. The third-order valence-corrected chi connectivity index (χ3v) is 5.21. The van der Waals surface area contributed by atoms with E-state index in [2.05, 4.69) is 29.7 Å². The topological polar surface area (TPSA) is 41.1 Å². The van der Waals surface area contributed by atoms with E-state index in [1.807, 2.05) is 12.1 Å². The van der Waals surface area contributed by atoms with Gasteiger partial charge in [-0.05, 0) is 49.9 Å². The number of hydrogen-bond acceptors (Lipinski definition) is 2. The van der Waals surface area contributed by atoms with Gasteiger partial charge in [0.25, 0.3) is 0 Å². The van der Waals surface area contributed by atoms with Crippen LogP contribution in [-0.4, -0.2) is 19.0 Å². The Morgan fingerprint density at radius 1 is 1.04 bits per heavy atom. The molecule has 0 radical (unpaired) electrons. The van der Waals surface area contributed by atoms with Gasteiger partial charge in [-0.1, -0.05) is 64.0 Å². The van der Waals surface area contributed by atoms with Crippen LogP contribution in [0, 0.1) is 5.92 Å². The van der Waals surface area contributed by atoms with Crippen molar-refractivity contribution in [3.8, 4) is 0 Å². The first-order valence-corrected chi connectivity index (χ1v) is 10.4. The maximum absolute atomic E-state index is 12.2. The van der Waals surface area contributed by atoms with Crippen LogP contribution >= 0.6 is 0 Å². The number of rotatable bonds is 11. The SMILES string of the molecule is CCCCCCCCCCc1ccc(NC(=O)C2CCCNC2)cc1. The van der Waals surface area contributed by atoms with Crippen LogP contribution in [0.3, 0.4) is 0 Å². The minimum Gasteiger partial charge on any atom is -0.326 e. The van der Waals surface area contributed by atoms with Crippen LogP contribution in [-0.2, 0) is 11.2 Å². The molecule has 1 saturated heterocycles. The van der Waals surface area contributed by atoms with E-state index in [0.717, 1.165) is 38.0 Å². The van der Waals surface area contributed by atoms with Gasteiger partial charge in [0.15, 0.2) is 0 Å². The molecule has 1 fully saturated rings. The van der Waals surface area contributed by atoms with Crippen molar-refractivity contribution in [1.29, 1.82) is 0 Å². The second-order valence-corrected chi connectivity index (χ2v) is 7.45. The van der Waals surface area contributed by atoms with Crippen molar-refractivity contribution in [2.45, 2.75) is 77.6 Å². The van der Waals surface area contributed by atoms with Crippen LogP contribution in [0.2, 0.25) is 0 Å². The van der Waals surface area contributed by atoms with Crippen LogP contribution in [0.15, 0.2) is 24.3 Å². The number of unbranched alkanes of at least 4 members (excludes halogenated alkanes) is 7. The van der Waals surface area contributed by atoms with Gasteiger partial charge < -0.3 is 10.6 Å². The molecular weight excluding hydrogens is 308 g/mol. The smallest absolute Gasteiger partial charge is 0.228 e. The zero-order chi connectivity index (χ0) is 17.7. The highest BCUT2D eigenvalue weighted by Crippen LogP contribution is 2.16. The molecule has 25 heavy (non-hydrogen) atoms. The molecule has 140 valence electrons. The summed E-state index contributed by atoms with van der Waals surface area (Å²) in [5.41, 5.74) is 2.30. The fourth-order valence-electron chi connectivity index (χ4n) is 3.54. The quantitative estimate of drug-likeness (QED) is 0.534. The number of nitrogens with one attached hydrogen (secondary N) is 2. The monoisotopic (exact) mass is 344 g/mol. The molecule has 1 heterocycles. The van der Waals surface area contributed by atoms with Gasteiger partial charge in [-0.2, -0.15) is 0 Å². The average molecular weight is 345 g/mol. The van der Waals surface area contributed by atoms with Crippen molar-refractivity contribution in [1.82, 2.24) is 5.32 Å². The molecule has 1 aromatic rings. The van der Waals surface area contributed by atoms with Gasteiger partial charge in [-0.3, -0.25) is 4.79 Å². The predicted octanol–water partition coefficient (Wildman–Crippen LogP) is 5.31. The summed E-state index contributed by atoms with van der Waals surface area (Å²) in [6.45, 7) is 4.11. The molecule has 2 rings (SSSR count). The number of carbonyl (C=O) groups excluding carboxylic acids is 1. The molecule has 0 bridgehead atoms. The average Bonchev–Trinajstić information content (AvgIpc) is 2.66. The van der Waals surface area contributed by atoms with Crippen LogP contribution in [0.4, 0.5) is 5.69 Å². The van der Waals surface area contributed by atoms with E-state index in [4.69, 9.17) is 0 Å². The van der Waals surface area contributed by atoms with E-state index < -0.39 is 0 Å². The van der Waals surface area contributed by atoms with Crippen molar-refractivity contribution in [3.63, 3.8) is 0 Å². The lowest BCUT2D eigenvalue weighted by Gasteiger charge is -2.21. The van der Waals surface area contributed by atoms with Crippen LogP contribution in [0.5, 0.6) is 0 Å². The Bertz CT molecular complexity index is 477. The molecule has 0 spiro atoms. The number of benzene rings is 1. The van der Waals surface area contributed by atoms with Crippen LogP contribution < -0.4 is 10.6 Å². The summed E-state index contributed by atoms with van der Waals surface area (Å²) in [4.78, 5) is 12.2. The first-order valence-electron chi connectivity index (χ1n) is 10.4. The van der Waals surface area contributed by atoms with Crippen molar-refractivity contribution in [3.05, 3.63) is 29.8 Å². The number of piperidine rings is 1. The van der Waals surface area contributed by atoms with Crippen LogP contribution in [0.1, 0.15) is 76.7 Å². The Morgan fingerprint density at radius 2 is 1.72 bits per heavy atom. The molecule has 3 nitrogen and oxygen atoms in total. The fraction of sp³-hybridized carbons (Fsp3) is 0.682. The predicted molar refractivity (Wildman–Crippen MR) is 107 cm³/mol. The zero-order valence-electron chi connectivity index (χ0n) is 16.0. The van der Waals surface area contributed by atoms with Crippen molar-refractivity contribution < 1.29 is 4.79 Å². The van der Waals surface area contributed by atoms with Crippen LogP contribution in [0.25, 0.3) is 0 Å². The molecule has 0 aromatic heterocycles. The molecule has 1 atom stereocenters. The number of amides is 1. The summed E-state index contributed by atoms with van der Waals surface area (Å²) in [5.74, 6) is 0.272. The molecule has 0 saturated carbocycles. The van der Waals surface area contributed by atoms with Gasteiger partial charge in [-0.15, -0.1) is 0 Å². The fourth-order valence-corrected chi connectivity index (χ4v) is 3.54. The summed E-state index contributed by atoms with van der Waals surface area (Å²) >= 11 is 0. The van der Waals surface area contributed by atoms with E-state index >= 15 is 0 Å². The maximum Gasteiger partial charge on any atom is 0.228 e. The first-order chi connectivity index (χ1) is 12.3. The first kappa shape index (κ1) is 20.0. The van der Waals surface area contributed by atoms with Crippen molar-refractivity contribution in [2.24, 2.45) is 5.92 Å². The second kappa shape index (κ2) is 12.1. The molecule has 3 heteroatoms. The Morgan fingerprint density at radius 3 is 2.36 bits per heavy atom. The summed E-state index contributed by atoms with van der Waals surface area (Å²) in [5, 5.41) is 6.36. The van der Waals surface area contributed by atoms with Gasteiger partial charge in [-0.25, -0.2) is 0 Å².